The molecular weight excluding hydrogens is 557 g/mol. The first kappa shape index (κ1) is 27.9. The summed E-state index contributed by atoms with van der Waals surface area (Å²) < 4.78 is 28.2. The van der Waals surface area contributed by atoms with Crippen LogP contribution in [0, 0.1) is 5.82 Å². The highest BCUT2D eigenvalue weighted by Gasteiger charge is 2.34. The molecule has 220 valence electrons. The van der Waals surface area contributed by atoms with Gasteiger partial charge in [-0.05, 0) is 65.2 Å². The molecule has 1 aliphatic heterocycles. The zero-order valence-electron chi connectivity index (χ0n) is 23.2. The Morgan fingerprint density at radius 1 is 1.14 bits per heavy atom. The molecule has 0 bridgehead atoms. The van der Waals surface area contributed by atoms with Crippen LogP contribution in [-0.4, -0.2) is 73.4 Å². The molecule has 0 radical (unpaired) electrons. The van der Waals surface area contributed by atoms with Gasteiger partial charge in [0.15, 0.2) is 0 Å². The van der Waals surface area contributed by atoms with E-state index < -0.39 is 23.7 Å². The van der Waals surface area contributed by atoms with Gasteiger partial charge in [-0.25, -0.2) is 9.07 Å². The molecule has 3 aromatic carbocycles. The van der Waals surface area contributed by atoms with Crippen LogP contribution in [0.4, 0.5) is 10.1 Å². The SMILES string of the molecule is COc1cc(N(C(=O)Cn2nnc3ccccc32)[C@H](C(=O)NC[C@@H]2CCCO2)c2ccc(F)cc2)ccc1-n1cnnn1. The van der Waals surface area contributed by atoms with Crippen LogP contribution < -0.4 is 15.0 Å². The van der Waals surface area contributed by atoms with E-state index in [1.54, 1.807) is 24.3 Å². The molecule has 1 saturated heterocycles. The van der Waals surface area contributed by atoms with Crippen molar-refractivity contribution in [3.8, 4) is 11.4 Å². The number of nitrogens with one attached hydrogen (secondary N) is 1. The lowest BCUT2D eigenvalue weighted by molar-refractivity contribution is -0.127. The number of aromatic nitrogens is 7. The van der Waals surface area contributed by atoms with Crippen LogP contribution in [0.2, 0.25) is 0 Å². The molecule has 14 heteroatoms. The van der Waals surface area contributed by atoms with Crippen LogP contribution in [0.25, 0.3) is 16.7 Å². The highest BCUT2D eigenvalue weighted by atomic mass is 19.1. The smallest absolute Gasteiger partial charge is 0.249 e. The van der Waals surface area contributed by atoms with Gasteiger partial charge in [-0.3, -0.25) is 14.5 Å². The summed E-state index contributed by atoms with van der Waals surface area (Å²) in [6, 6.07) is 16.5. The lowest BCUT2D eigenvalue weighted by atomic mass is 10.0. The van der Waals surface area contributed by atoms with Gasteiger partial charge in [0.25, 0.3) is 0 Å². The van der Waals surface area contributed by atoms with E-state index in [2.05, 4.69) is 31.2 Å². The van der Waals surface area contributed by atoms with Crippen molar-refractivity contribution in [2.75, 3.05) is 25.2 Å². The second-order valence-corrected chi connectivity index (χ2v) is 9.94. The molecule has 0 unspecified atom stereocenters. The number of para-hydroxylation sites is 1. The van der Waals surface area contributed by atoms with Crippen molar-refractivity contribution >= 4 is 28.5 Å². The van der Waals surface area contributed by atoms with E-state index in [9.17, 15) is 14.0 Å². The summed E-state index contributed by atoms with van der Waals surface area (Å²) in [5, 5.41) is 22.6. The summed E-state index contributed by atoms with van der Waals surface area (Å²) in [5.41, 5.74) is 2.56. The fourth-order valence-electron chi connectivity index (χ4n) is 5.13. The van der Waals surface area contributed by atoms with E-state index in [0.717, 1.165) is 12.8 Å². The number of tetrazole rings is 1. The third kappa shape index (κ3) is 5.90. The summed E-state index contributed by atoms with van der Waals surface area (Å²) in [7, 11) is 1.48. The monoisotopic (exact) mass is 585 g/mol. The van der Waals surface area contributed by atoms with Crippen molar-refractivity contribution in [2.24, 2.45) is 0 Å². The highest BCUT2D eigenvalue weighted by molar-refractivity contribution is 6.01. The summed E-state index contributed by atoms with van der Waals surface area (Å²) in [4.78, 5) is 29.6. The fraction of sp³-hybridized carbons (Fsp3) is 0.276. The average Bonchev–Trinajstić information content (AvgIpc) is 3.82. The third-order valence-corrected chi connectivity index (χ3v) is 7.23. The number of methoxy groups -OCH3 is 1. The molecule has 2 aromatic heterocycles. The minimum Gasteiger partial charge on any atom is -0.494 e. The van der Waals surface area contributed by atoms with Gasteiger partial charge in [-0.15, -0.1) is 10.2 Å². The van der Waals surface area contributed by atoms with E-state index in [0.29, 0.717) is 40.3 Å². The molecule has 1 aliphatic rings. The second-order valence-electron chi connectivity index (χ2n) is 9.94. The predicted octanol–water partition coefficient (Wildman–Crippen LogP) is 2.62. The maximum atomic E-state index is 14.3. The summed E-state index contributed by atoms with van der Waals surface area (Å²) in [6.45, 7) is 0.675. The number of hydrogen-bond acceptors (Lipinski definition) is 9. The number of fused-ring (bicyclic) bond motifs is 1. The Balaban J connectivity index is 1.43. The highest BCUT2D eigenvalue weighted by Crippen LogP contribution is 2.34. The number of hydrogen-bond donors (Lipinski definition) is 1. The summed E-state index contributed by atoms with van der Waals surface area (Å²) in [5.74, 6) is -1.04. The van der Waals surface area contributed by atoms with Crippen LogP contribution >= 0.6 is 0 Å². The molecule has 6 rings (SSSR count). The minimum atomic E-state index is -1.17. The van der Waals surface area contributed by atoms with Gasteiger partial charge in [-0.1, -0.05) is 29.5 Å². The molecule has 2 atom stereocenters. The van der Waals surface area contributed by atoms with E-state index >= 15 is 0 Å². The second kappa shape index (κ2) is 12.3. The van der Waals surface area contributed by atoms with Gasteiger partial charge >= 0.3 is 0 Å². The van der Waals surface area contributed by atoms with E-state index in [-0.39, 0.29) is 19.2 Å². The van der Waals surface area contributed by atoms with Gasteiger partial charge in [-0.2, -0.15) is 4.68 Å². The molecule has 1 fully saturated rings. The number of benzene rings is 3. The molecule has 1 N–H and O–H groups in total. The van der Waals surface area contributed by atoms with Crippen molar-refractivity contribution in [1.82, 2.24) is 40.5 Å². The number of rotatable bonds is 10. The zero-order chi connectivity index (χ0) is 29.8. The van der Waals surface area contributed by atoms with Crippen LogP contribution in [0.5, 0.6) is 5.75 Å². The van der Waals surface area contributed by atoms with Crippen molar-refractivity contribution < 1.29 is 23.5 Å². The molecule has 0 aliphatic carbocycles. The van der Waals surface area contributed by atoms with Gasteiger partial charge in [0.1, 0.15) is 41.7 Å². The number of amides is 2. The standard InChI is InChI=1S/C29H28FN9O4/c1-42-26-15-21(12-13-25(26)38-18-32-34-36-38)39(27(40)17-37-24-7-3-2-6-23(24)33-35-37)28(19-8-10-20(30)11-9-19)29(41)31-16-22-5-4-14-43-22/h2-3,6-13,15,18,22,28H,4-5,14,16-17H2,1H3,(H,31,41)/t22-,28-/m0/s1. The Morgan fingerprint density at radius 3 is 2.72 bits per heavy atom. The number of carbonyl (C=O) groups is 2. The first-order chi connectivity index (χ1) is 21.0. The first-order valence-corrected chi connectivity index (χ1v) is 13.7. The molecular formula is C29H28FN9O4. The Hall–Kier alpha value is -5.24. The van der Waals surface area contributed by atoms with E-state index in [1.807, 2.05) is 18.2 Å². The van der Waals surface area contributed by atoms with Gasteiger partial charge in [0.2, 0.25) is 11.8 Å². The van der Waals surface area contributed by atoms with Crippen molar-refractivity contribution in [3.63, 3.8) is 0 Å². The number of nitrogens with zero attached hydrogens (tertiary/aromatic N) is 8. The van der Waals surface area contributed by atoms with Crippen molar-refractivity contribution in [3.05, 3.63) is 84.4 Å². The maximum absolute atomic E-state index is 14.3. The quantitative estimate of drug-likeness (QED) is 0.262. The molecule has 5 aromatic rings. The average molecular weight is 586 g/mol. The summed E-state index contributed by atoms with van der Waals surface area (Å²) in [6.07, 6.45) is 3.01. The van der Waals surface area contributed by atoms with Crippen molar-refractivity contribution in [1.29, 1.82) is 0 Å². The van der Waals surface area contributed by atoms with Crippen LogP contribution in [0.15, 0.2) is 73.1 Å². The normalized spacial score (nSPS) is 15.3. The predicted molar refractivity (Wildman–Crippen MR) is 152 cm³/mol. The first-order valence-electron chi connectivity index (χ1n) is 13.7. The van der Waals surface area contributed by atoms with Gasteiger partial charge in [0, 0.05) is 24.9 Å². The summed E-state index contributed by atoms with van der Waals surface area (Å²) >= 11 is 0. The third-order valence-electron chi connectivity index (χ3n) is 7.23. The van der Waals surface area contributed by atoms with Crippen LogP contribution in [-0.2, 0) is 20.9 Å². The maximum Gasteiger partial charge on any atom is 0.249 e. The van der Waals surface area contributed by atoms with Gasteiger partial charge in [0.05, 0.1) is 18.7 Å². The molecule has 0 spiro atoms. The van der Waals surface area contributed by atoms with Crippen LogP contribution in [0.3, 0.4) is 0 Å². The Kier molecular flexibility index (Phi) is 8.00. The number of ether oxygens (including phenoxy) is 2. The number of halogens is 1. The van der Waals surface area contributed by atoms with Gasteiger partial charge < -0.3 is 14.8 Å². The fourth-order valence-corrected chi connectivity index (χ4v) is 5.13. The molecule has 3 heterocycles. The van der Waals surface area contributed by atoms with E-state index in [1.165, 1.54) is 52.0 Å². The number of anilines is 1. The molecule has 43 heavy (non-hydrogen) atoms. The zero-order valence-corrected chi connectivity index (χ0v) is 23.2. The lowest BCUT2D eigenvalue weighted by Crippen LogP contribution is -2.46. The Labute approximate surface area is 245 Å². The topological polar surface area (TPSA) is 142 Å². The largest absolute Gasteiger partial charge is 0.494 e. The molecule has 0 saturated carbocycles. The Morgan fingerprint density at radius 2 is 1.98 bits per heavy atom. The molecule has 13 nitrogen and oxygen atoms in total. The van der Waals surface area contributed by atoms with Crippen LogP contribution in [0.1, 0.15) is 24.4 Å². The van der Waals surface area contributed by atoms with Crippen molar-refractivity contribution in [2.45, 2.75) is 31.5 Å². The van der Waals surface area contributed by atoms with E-state index in [4.69, 9.17) is 9.47 Å². The lowest BCUT2D eigenvalue weighted by Gasteiger charge is -2.32. The Bertz CT molecular complexity index is 1720. The number of carbonyl (C=O) groups excluding carboxylic acids is 2. The minimum absolute atomic E-state index is 0.126. The molecule has 2 amide bonds.